The molecule has 0 unspecified atom stereocenters. The number of carbonyl (C=O) groups excluding carboxylic acids is 2. The Labute approximate surface area is 231 Å². The van der Waals surface area contributed by atoms with Crippen LogP contribution in [0, 0.1) is 6.92 Å². The fourth-order valence-corrected chi connectivity index (χ4v) is 5.49. The summed E-state index contributed by atoms with van der Waals surface area (Å²) in [7, 11) is -2.58. The molecule has 39 heavy (non-hydrogen) atoms. The molecule has 0 saturated carbocycles. The first-order valence-electron chi connectivity index (χ1n) is 13.0. The summed E-state index contributed by atoms with van der Waals surface area (Å²) in [6, 6.07) is 21.8. The molecule has 0 aliphatic rings. The van der Waals surface area contributed by atoms with Gasteiger partial charge in [0.05, 0.1) is 17.7 Å². The predicted octanol–water partition coefficient (Wildman–Crippen LogP) is 4.18. The SMILES string of the molecule is CCCNC(=O)[C@@H](C)N(CCc1ccccc1)C(=O)CN(c1ccc(OC)cc1)S(=O)(=O)c1ccc(C)cc1. The van der Waals surface area contributed by atoms with Gasteiger partial charge in [-0.05, 0) is 68.7 Å². The summed E-state index contributed by atoms with van der Waals surface area (Å²) in [6.07, 6.45) is 1.28. The summed E-state index contributed by atoms with van der Waals surface area (Å²) in [4.78, 5) is 28.3. The molecule has 208 valence electrons. The van der Waals surface area contributed by atoms with Gasteiger partial charge in [-0.25, -0.2) is 8.42 Å². The number of anilines is 1. The molecule has 3 rings (SSSR count). The van der Waals surface area contributed by atoms with E-state index in [1.54, 1.807) is 43.3 Å². The number of nitrogens with one attached hydrogen (secondary N) is 1. The average molecular weight is 552 g/mol. The van der Waals surface area contributed by atoms with Gasteiger partial charge in [-0.15, -0.1) is 0 Å². The maximum absolute atomic E-state index is 13.8. The summed E-state index contributed by atoms with van der Waals surface area (Å²) in [5.74, 6) is -0.198. The molecule has 1 N–H and O–H groups in total. The first-order valence-corrected chi connectivity index (χ1v) is 14.5. The topological polar surface area (TPSA) is 96.0 Å². The van der Waals surface area contributed by atoms with Crippen LogP contribution < -0.4 is 14.4 Å². The van der Waals surface area contributed by atoms with Gasteiger partial charge in [-0.1, -0.05) is 55.0 Å². The van der Waals surface area contributed by atoms with Crippen molar-refractivity contribution in [1.82, 2.24) is 10.2 Å². The molecule has 3 aromatic rings. The van der Waals surface area contributed by atoms with Crippen LogP contribution in [0.2, 0.25) is 0 Å². The minimum Gasteiger partial charge on any atom is -0.497 e. The molecule has 0 spiro atoms. The van der Waals surface area contributed by atoms with Gasteiger partial charge in [0.1, 0.15) is 18.3 Å². The van der Waals surface area contributed by atoms with Crippen LogP contribution in [0.25, 0.3) is 0 Å². The normalized spacial score (nSPS) is 11.9. The molecule has 0 aliphatic heterocycles. The minimum absolute atomic E-state index is 0.0706. The Kier molecular flexibility index (Phi) is 10.5. The van der Waals surface area contributed by atoms with E-state index in [2.05, 4.69) is 5.32 Å². The summed E-state index contributed by atoms with van der Waals surface area (Å²) < 4.78 is 34.0. The Morgan fingerprint density at radius 2 is 1.59 bits per heavy atom. The largest absolute Gasteiger partial charge is 0.497 e. The number of sulfonamides is 1. The van der Waals surface area contributed by atoms with Crippen molar-refractivity contribution in [1.29, 1.82) is 0 Å². The molecule has 0 aromatic heterocycles. The lowest BCUT2D eigenvalue weighted by molar-refractivity contribution is -0.138. The van der Waals surface area contributed by atoms with Crippen molar-refractivity contribution < 1.29 is 22.7 Å². The van der Waals surface area contributed by atoms with E-state index in [0.717, 1.165) is 21.9 Å². The van der Waals surface area contributed by atoms with Gasteiger partial charge in [-0.2, -0.15) is 0 Å². The van der Waals surface area contributed by atoms with E-state index in [4.69, 9.17) is 4.74 Å². The van der Waals surface area contributed by atoms with Gasteiger partial charge < -0.3 is 15.0 Å². The number of aryl methyl sites for hydroxylation is 1. The van der Waals surface area contributed by atoms with Crippen LogP contribution >= 0.6 is 0 Å². The smallest absolute Gasteiger partial charge is 0.264 e. The minimum atomic E-state index is -4.10. The van der Waals surface area contributed by atoms with Crippen LogP contribution in [0.3, 0.4) is 0 Å². The zero-order valence-corrected chi connectivity index (χ0v) is 23.8. The van der Waals surface area contributed by atoms with Crippen molar-refractivity contribution in [3.05, 3.63) is 90.0 Å². The van der Waals surface area contributed by atoms with Crippen LogP contribution in [0.4, 0.5) is 5.69 Å². The third-order valence-electron chi connectivity index (χ3n) is 6.45. The quantitative estimate of drug-likeness (QED) is 0.344. The second kappa shape index (κ2) is 13.8. The van der Waals surface area contributed by atoms with Crippen LogP contribution in [0.5, 0.6) is 5.75 Å². The Morgan fingerprint density at radius 1 is 0.949 bits per heavy atom. The summed E-state index contributed by atoms with van der Waals surface area (Å²) >= 11 is 0. The molecule has 0 radical (unpaired) electrons. The zero-order valence-electron chi connectivity index (χ0n) is 23.0. The summed E-state index contributed by atoms with van der Waals surface area (Å²) in [6.45, 7) is 5.76. The number of ether oxygens (including phenoxy) is 1. The van der Waals surface area contributed by atoms with Crippen molar-refractivity contribution in [3.8, 4) is 5.75 Å². The van der Waals surface area contributed by atoms with Gasteiger partial charge in [0.25, 0.3) is 10.0 Å². The van der Waals surface area contributed by atoms with Crippen molar-refractivity contribution >= 4 is 27.5 Å². The van der Waals surface area contributed by atoms with E-state index >= 15 is 0 Å². The Morgan fingerprint density at radius 3 is 2.18 bits per heavy atom. The molecule has 0 bridgehead atoms. The molecule has 0 heterocycles. The summed E-state index contributed by atoms with van der Waals surface area (Å²) in [5, 5.41) is 2.85. The maximum atomic E-state index is 13.8. The highest BCUT2D eigenvalue weighted by Gasteiger charge is 2.32. The van der Waals surface area contributed by atoms with E-state index in [-0.39, 0.29) is 17.3 Å². The third-order valence-corrected chi connectivity index (χ3v) is 8.24. The highest BCUT2D eigenvalue weighted by molar-refractivity contribution is 7.92. The number of carbonyl (C=O) groups is 2. The molecule has 9 heteroatoms. The van der Waals surface area contributed by atoms with Gasteiger partial charge in [-0.3, -0.25) is 13.9 Å². The third kappa shape index (κ3) is 7.83. The van der Waals surface area contributed by atoms with Gasteiger partial charge in [0.2, 0.25) is 11.8 Å². The van der Waals surface area contributed by atoms with Gasteiger partial charge in [0, 0.05) is 13.1 Å². The lowest BCUT2D eigenvalue weighted by atomic mass is 10.1. The highest BCUT2D eigenvalue weighted by Crippen LogP contribution is 2.26. The van der Waals surface area contributed by atoms with Crippen molar-refractivity contribution in [2.75, 3.05) is 31.0 Å². The highest BCUT2D eigenvalue weighted by atomic mass is 32.2. The first-order chi connectivity index (χ1) is 18.7. The van der Waals surface area contributed by atoms with E-state index in [1.807, 2.05) is 44.2 Å². The predicted molar refractivity (Wildman–Crippen MR) is 153 cm³/mol. The van der Waals surface area contributed by atoms with Crippen LogP contribution in [0.1, 0.15) is 31.4 Å². The maximum Gasteiger partial charge on any atom is 0.264 e. The number of benzene rings is 3. The lowest BCUT2D eigenvalue weighted by Crippen LogP contribution is -2.52. The van der Waals surface area contributed by atoms with Gasteiger partial charge >= 0.3 is 0 Å². The van der Waals surface area contributed by atoms with Crippen molar-refractivity contribution in [2.24, 2.45) is 0 Å². The Balaban J connectivity index is 1.96. The van der Waals surface area contributed by atoms with Gasteiger partial charge in [0.15, 0.2) is 0 Å². The number of amides is 2. The van der Waals surface area contributed by atoms with E-state index in [1.165, 1.54) is 24.1 Å². The van der Waals surface area contributed by atoms with Crippen LogP contribution in [0.15, 0.2) is 83.8 Å². The molecule has 3 aromatic carbocycles. The number of methoxy groups -OCH3 is 1. The van der Waals surface area contributed by atoms with E-state index in [0.29, 0.717) is 24.4 Å². The molecular weight excluding hydrogens is 514 g/mol. The Bertz CT molecular complexity index is 1330. The Hall–Kier alpha value is -3.85. The molecule has 0 saturated heterocycles. The standard InChI is InChI=1S/C30H37N3O5S/c1-5-20-31-30(35)24(3)32(21-19-25-9-7-6-8-10-25)29(34)22-33(26-13-15-27(38-4)16-14-26)39(36,37)28-17-11-23(2)12-18-28/h6-18,24H,5,19-22H2,1-4H3,(H,31,35)/t24-/m1/s1. The number of hydrogen-bond acceptors (Lipinski definition) is 5. The van der Waals surface area contributed by atoms with Crippen LogP contribution in [-0.4, -0.2) is 57.9 Å². The molecule has 0 aliphatic carbocycles. The molecule has 8 nitrogen and oxygen atoms in total. The molecular formula is C30H37N3O5S. The average Bonchev–Trinajstić information content (AvgIpc) is 2.95. The first kappa shape index (κ1) is 29.7. The number of nitrogens with zero attached hydrogens (tertiary/aromatic N) is 2. The van der Waals surface area contributed by atoms with E-state index in [9.17, 15) is 18.0 Å². The second-order valence-electron chi connectivity index (χ2n) is 9.31. The lowest BCUT2D eigenvalue weighted by Gasteiger charge is -2.32. The molecule has 2 amide bonds. The van der Waals surface area contributed by atoms with Crippen molar-refractivity contribution in [2.45, 2.75) is 44.6 Å². The molecule has 1 atom stereocenters. The second-order valence-corrected chi connectivity index (χ2v) is 11.2. The number of rotatable bonds is 13. The fourth-order valence-electron chi connectivity index (χ4n) is 4.08. The number of hydrogen-bond donors (Lipinski definition) is 1. The fraction of sp³-hybridized carbons (Fsp3) is 0.333. The zero-order chi connectivity index (χ0) is 28.4. The monoisotopic (exact) mass is 551 g/mol. The van der Waals surface area contributed by atoms with E-state index < -0.39 is 28.5 Å². The molecule has 0 fully saturated rings. The van der Waals surface area contributed by atoms with Crippen LogP contribution in [-0.2, 0) is 26.0 Å². The van der Waals surface area contributed by atoms with Crippen molar-refractivity contribution in [3.63, 3.8) is 0 Å². The summed E-state index contributed by atoms with van der Waals surface area (Å²) in [5.41, 5.74) is 2.24.